The average Bonchev–Trinajstić information content (AvgIpc) is 2.80. The second-order valence-corrected chi connectivity index (χ2v) is 7.98. The minimum absolute atomic E-state index is 0.0560. The zero-order valence-corrected chi connectivity index (χ0v) is 19.0. The maximum atomic E-state index is 6.03. The number of benzene rings is 2. The van der Waals surface area contributed by atoms with Crippen LogP contribution in [0.15, 0.2) is 59.6 Å². The Hall–Kier alpha value is -2.73. The Morgan fingerprint density at radius 3 is 2.42 bits per heavy atom. The fourth-order valence-corrected chi connectivity index (χ4v) is 3.78. The molecule has 168 valence electrons. The summed E-state index contributed by atoms with van der Waals surface area (Å²) < 4.78 is 11.4. The Bertz CT molecular complexity index is 804. The molecule has 1 saturated heterocycles. The molecule has 0 amide bonds. The van der Waals surface area contributed by atoms with Crippen molar-refractivity contribution in [3.05, 3.63) is 60.2 Å². The molecule has 1 atom stereocenters. The molecular formula is C25H36N4O2. The molecule has 6 heteroatoms. The predicted octanol–water partition coefficient (Wildman–Crippen LogP) is 3.68. The molecule has 0 saturated carbocycles. The Kier molecular flexibility index (Phi) is 9.03. The number of hydrogen-bond acceptors (Lipinski definition) is 4. The number of piperidine rings is 1. The predicted molar refractivity (Wildman–Crippen MR) is 127 cm³/mol. The molecule has 1 aliphatic heterocycles. The zero-order valence-electron chi connectivity index (χ0n) is 19.0. The third kappa shape index (κ3) is 7.47. The van der Waals surface area contributed by atoms with Crippen LogP contribution in [0.2, 0.25) is 0 Å². The number of para-hydroxylation sites is 2. The first-order valence-corrected chi connectivity index (χ1v) is 11.3. The highest BCUT2D eigenvalue weighted by Crippen LogP contribution is 2.26. The van der Waals surface area contributed by atoms with Crippen LogP contribution in [0.1, 0.15) is 32.3 Å². The van der Waals surface area contributed by atoms with Crippen molar-refractivity contribution in [2.75, 3.05) is 33.3 Å². The summed E-state index contributed by atoms with van der Waals surface area (Å²) in [4.78, 5) is 7.29. The van der Waals surface area contributed by atoms with Crippen LogP contribution in [0.3, 0.4) is 0 Å². The molecule has 2 aromatic rings. The fourth-order valence-electron chi connectivity index (χ4n) is 3.78. The van der Waals surface area contributed by atoms with Crippen molar-refractivity contribution in [3.63, 3.8) is 0 Å². The monoisotopic (exact) mass is 424 g/mol. The maximum absolute atomic E-state index is 6.03. The van der Waals surface area contributed by atoms with Gasteiger partial charge in [-0.15, -0.1) is 0 Å². The Labute approximate surface area is 186 Å². The first kappa shape index (κ1) is 22.9. The molecule has 1 fully saturated rings. The van der Waals surface area contributed by atoms with E-state index < -0.39 is 0 Å². The van der Waals surface area contributed by atoms with Crippen molar-refractivity contribution >= 4 is 5.96 Å². The van der Waals surface area contributed by atoms with Gasteiger partial charge in [-0.2, -0.15) is 0 Å². The van der Waals surface area contributed by atoms with Crippen LogP contribution in [0.25, 0.3) is 0 Å². The van der Waals surface area contributed by atoms with Gasteiger partial charge < -0.3 is 20.1 Å². The van der Waals surface area contributed by atoms with E-state index in [1.165, 1.54) is 5.56 Å². The summed E-state index contributed by atoms with van der Waals surface area (Å²) in [5.74, 6) is 2.35. The SMILES string of the molecule is CCNC(=NCC(C)Oc1ccccc1OC)NC1CCN(Cc2ccccc2)CC1. The van der Waals surface area contributed by atoms with Gasteiger partial charge in [-0.3, -0.25) is 4.90 Å². The number of likely N-dealkylation sites (tertiary alicyclic amines) is 1. The van der Waals surface area contributed by atoms with Crippen molar-refractivity contribution < 1.29 is 9.47 Å². The van der Waals surface area contributed by atoms with Gasteiger partial charge in [-0.1, -0.05) is 42.5 Å². The highest BCUT2D eigenvalue weighted by atomic mass is 16.5. The van der Waals surface area contributed by atoms with Crippen LogP contribution in [0.4, 0.5) is 0 Å². The molecule has 0 bridgehead atoms. The van der Waals surface area contributed by atoms with Crippen LogP contribution in [-0.2, 0) is 6.54 Å². The number of methoxy groups -OCH3 is 1. The normalized spacial score (nSPS) is 16.5. The van der Waals surface area contributed by atoms with Crippen LogP contribution in [0, 0.1) is 0 Å². The standard InChI is InChI=1S/C25H36N4O2/c1-4-26-25(27-18-20(2)31-24-13-9-8-12-23(24)30-3)28-22-14-16-29(17-15-22)19-21-10-6-5-7-11-21/h5-13,20,22H,4,14-19H2,1-3H3,(H2,26,27,28). The molecule has 1 heterocycles. The van der Waals surface area contributed by atoms with Crippen LogP contribution < -0.4 is 20.1 Å². The lowest BCUT2D eigenvalue weighted by molar-refractivity contribution is 0.198. The summed E-state index contributed by atoms with van der Waals surface area (Å²) in [7, 11) is 1.66. The van der Waals surface area contributed by atoms with E-state index in [0.29, 0.717) is 12.6 Å². The Morgan fingerprint density at radius 2 is 1.74 bits per heavy atom. The molecule has 1 aliphatic rings. The van der Waals surface area contributed by atoms with E-state index in [0.717, 1.165) is 56.5 Å². The summed E-state index contributed by atoms with van der Waals surface area (Å²) in [5.41, 5.74) is 1.38. The minimum Gasteiger partial charge on any atom is -0.493 e. The summed E-state index contributed by atoms with van der Waals surface area (Å²) >= 11 is 0. The van der Waals surface area contributed by atoms with E-state index >= 15 is 0 Å². The summed E-state index contributed by atoms with van der Waals surface area (Å²) in [6.45, 7) is 8.74. The van der Waals surface area contributed by atoms with E-state index in [9.17, 15) is 0 Å². The number of nitrogens with one attached hydrogen (secondary N) is 2. The van der Waals surface area contributed by atoms with E-state index in [-0.39, 0.29) is 6.10 Å². The molecule has 3 rings (SSSR count). The lowest BCUT2D eigenvalue weighted by atomic mass is 10.0. The van der Waals surface area contributed by atoms with Gasteiger partial charge in [0.2, 0.25) is 0 Å². The zero-order chi connectivity index (χ0) is 21.9. The number of hydrogen-bond donors (Lipinski definition) is 2. The van der Waals surface area contributed by atoms with Gasteiger partial charge >= 0.3 is 0 Å². The lowest BCUT2D eigenvalue weighted by Crippen LogP contribution is -2.48. The third-order valence-electron chi connectivity index (χ3n) is 5.43. The first-order valence-electron chi connectivity index (χ1n) is 11.3. The van der Waals surface area contributed by atoms with E-state index in [2.05, 4.69) is 52.8 Å². The first-order chi connectivity index (χ1) is 15.2. The molecule has 0 spiro atoms. The van der Waals surface area contributed by atoms with Gasteiger partial charge in [0, 0.05) is 32.2 Å². The average molecular weight is 425 g/mol. The van der Waals surface area contributed by atoms with E-state index in [1.54, 1.807) is 7.11 Å². The molecule has 6 nitrogen and oxygen atoms in total. The van der Waals surface area contributed by atoms with Gasteiger partial charge in [-0.25, -0.2) is 4.99 Å². The molecule has 1 unspecified atom stereocenters. The number of guanidine groups is 1. The molecule has 0 radical (unpaired) electrons. The number of nitrogens with zero attached hydrogens (tertiary/aromatic N) is 2. The van der Waals surface area contributed by atoms with Crippen molar-refractivity contribution in [3.8, 4) is 11.5 Å². The minimum atomic E-state index is -0.0560. The number of aliphatic imine (C=N–C) groups is 1. The van der Waals surface area contributed by atoms with Gasteiger partial charge in [0.25, 0.3) is 0 Å². The van der Waals surface area contributed by atoms with Crippen molar-refractivity contribution in [1.29, 1.82) is 0 Å². The maximum Gasteiger partial charge on any atom is 0.191 e. The summed E-state index contributed by atoms with van der Waals surface area (Å²) in [5, 5.41) is 6.98. The molecule has 2 N–H and O–H groups in total. The molecular weight excluding hydrogens is 388 g/mol. The van der Waals surface area contributed by atoms with Gasteiger partial charge in [0.1, 0.15) is 6.10 Å². The highest BCUT2D eigenvalue weighted by molar-refractivity contribution is 5.80. The van der Waals surface area contributed by atoms with Crippen LogP contribution >= 0.6 is 0 Å². The molecule has 0 aliphatic carbocycles. The van der Waals surface area contributed by atoms with Gasteiger partial charge in [-0.05, 0) is 44.4 Å². The van der Waals surface area contributed by atoms with E-state index in [1.807, 2.05) is 31.2 Å². The third-order valence-corrected chi connectivity index (χ3v) is 5.43. The second-order valence-electron chi connectivity index (χ2n) is 7.98. The number of ether oxygens (including phenoxy) is 2. The van der Waals surface area contributed by atoms with E-state index in [4.69, 9.17) is 14.5 Å². The fraction of sp³-hybridized carbons (Fsp3) is 0.480. The van der Waals surface area contributed by atoms with Crippen molar-refractivity contribution in [1.82, 2.24) is 15.5 Å². The van der Waals surface area contributed by atoms with Crippen LogP contribution in [-0.4, -0.2) is 56.3 Å². The smallest absolute Gasteiger partial charge is 0.191 e. The highest BCUT2D eigenvalue weighted by Gasteiger charge is 2.20. The second kappa shape index (κ2) is 12.2. The van der Waals surface area contributed by atoms with Crippen molar-refractivity contribution in [2.24, 2.45) is 4.99 Å². The quantitative estimate of drug-likeness (QED) is 0.475. The van der Waals surface area contributed by atoms with Crippen molar-refractivity contribution in [2.45, 2.75) is 45.4 Å². The summed E-state index contributed by atoms with van der Waals surface area (Å²) in [6.07, 6.45) is 2.18. The topological polar surface area (TPSA) is 58.1 Å². The molecule has 0 aromatic heterocycles. The summed E-state index contributed by atoms with van der Waals surface area (Å²) in [6, 6.07) is 18.9. The van der Waals surface area contributed by atoms with Crippen LogP contribution in [0.5, 0.6) is 11.5 Å². The Balaban J connectivity index is 1.47. The van der Waals surface area contributed by atoms with Gasteiger partial charge in [0.15, 0.2) is 17.5 Å². The lowest BCUT2D eigenvalue weighted by Gasteiger charge is -2.33. The Morgan fingerprint density at radius 1 is 1.06 bits per heavy atom. The number of rotatable bonds is 9. The molecule has 2 aromatic carbocycles. The largest absolute Gasteiger partial charge is 0.493 e. The molecule has 31 heavy (non-hydrogen) atoms. The van der Waals surface area contributed by atoms with Gasteiger partial charge in [0.05, 0.1) is 13.7 Å².